The van der Waals surface area contributed by atoms with Gasteiger partial charge in [-0.25, -0.2) is 0 Å². The predicted octanol–water partition coefficient (Wildman–Crippen LogP) is 1.45. The summed E-state index contributed by atoms with van der Waals surface area (Å²) in [6.45, 7) is 2.02. The Morgan fingerprint density at radius 1 is 1.45 bits per heavy atom. The maximum atomic E-state index is 5.63. The molecule has 1 heterocycles. The topological polar surface area (TPSA) is 54.7 Å². The van der Waals surface area contributed by atoms with E-state index in [4.69, 9.17) is 5.73 Å². The first-order chi connectivity index (χ1) is 5.29. The second-order valence-corrected chi connectivity index (χ2v) is 2.61. The summed E-state index contributed by atoms with van der Waals surface area (Å²) in [6.07, 6.45) is 0. The number of anilines is 1. The van der Waals surface area contributed by atoms with Crippen LogP contribution in [-0.4, -0.2) is 10.2 Å². The van der Waals surface area contributed by atoms with E-state index < -0.39 is 0 Å². The second kappa shape index (κ2) is 1.99. The summed E-state index contributed by atoms with van der Waals surface area (Å²) < 4.78 is 0. The number of nitrogens with one attached hydrogen (secondary N) is 1. The van der Waals surface area contributed by atoms with Gasteiger partial charge in [-0.2, -0.15) is 5.10 Å². The van der Waals surface area contributed by atoms with E-state index >= 15 is 0 Å². The molecule has 11 heavy (non-hydrogen) atoms. The normalized spacial score (nSPS) is 10.6. The van der Waals surface area contributed by atoms with E-state index in [0.29, 0.717) is 5.82 Å². The van der Waals surface area contributed by atoms with Crippen LogP contribution in [0.1, 0.15) is 5.56 Å². The van der Waals surface area contributed by atoms with Crippen LogP contribution < -0.4 is 5.73 Å². The molecule has 0 spiro atoms. The summed E-state index contributed by atoms with van der Waals surface area (Å²) in [5.74, 6) is 0.582. The van der Waals surface area contributed by atoms with Gasteiger partial charge in [0, 0.05) is 5.39 Å². The Kier molecular flexibility index (Phi) is 1.12. The van der Waals surface area contributed by atoms with E-state index in [2.05, 4.69) is 10.2 Å². The standard InChI is InChI=1S/C8H9N3/c1-5-3-2-4-6-7(5)8(9)11-10-6/h2-4H,1H3,(H3,9,10,11). The van der Waals surface area contributed by atoms with Crippen molar-refractivity contribution in [3.8, 4) is 0 Å². The van der Waals surface area contributed by atoms with Gasteiger partial charge in [0.1, 0.15) is 0 Å². The highest BCUT2D eigenvalue weighted by atomic mass is 15.1. The fraction of sp³-hybridized carbons (Fsp3) is 0.125. The van der Waals surface area contributed by atoms with Gasteiger partial charge in [0.25, 0.3) is 0 Å². The highest BCUT2D eigenvalue weighted by molar-refractivity contribution is 5.91. The van der Waals surface area contributed by atoms with Crippen molar-refractivity contribution in [1.82, 2.24) is 10.2 Å². The molecule has 2 rings (SSSR count). The zero-order valence-electron chi connectivity index (χ0n) is 6.26. The van der Waals surface area contributed by atoms with Crippen molar-refractivity contribution in [1.29, 1.82) is 0 Å². The number of fused-ring (bicyclic) bond motifs is 1. The third-order valence-corrected chi connectivity index (χ3v) is 1.83. The van der Waals surface area contributed by atoms with Crippen LogP contribution in [0.3, 0.4) is 0 Å². The summed E-state index contributed by atoms with van der Waals surface area (Å²) in [5.41, 5.74) is 7.80. The third kappa shape index (κ3) is 0.774. The molecule has 2 aromatic rings. The first-order valence-corrected chi connectivity index (χ1v) is 3.48. The van der Waals surface area contributed by atoms with Crippen molar-refractivity contribution in [2.24, 2.45) is 0 Å². The van der Waals surface area contributed by atoms with Crippen LogP contribution in [-0.2, 0) is 0 Å². The van der Waals surface area contributed by atoms with E-state index in [9.17, 15) is 0 Å². The molecule has 3 N–H and O–H groups in total. The number of H-pyrrole nitrogens is 1. The molecular weight excluding hydrogens is 138 g/mol. The van der Waals surface area contributed by atoms with Gasteiger partial charge in [0.2, 0.25) is 0 Å². The summed E-state index contributed by atoms with van der Waals surface area (Å²) >= 11 is 0. The van der Waals surface area contributed by atoms with Gasteiger partial charge >= 0.3 is 0 Å². The fourth-order valence-electron chi connectivity index (χ4n) is 1.28. The molecule has 0 radical (unpaired) electrons. The first-order valence-electron chi connectivity index (χ1n) is 3.48. The maximum absolute atomic E-state index is 5.63. The molecule has 0 aliphatic heterocycles. The average Bonchev–Trinajstić information content (AvgIpc) is 2.34. The van der Waals surface area contributed by atoms with E-state index in [0.717, 1.165) is 16.5 Å². The Hall–Kier alpha value is -1.51. The smallest absolute Gasteiger partial charge is 0.153 e. The van der Waals surface area contributed by atoms with Crippen LogP contribution in [0, 0.1) is 6.92 Å². The van der Waals surface area contributed by atoms with Crippen LogP contribution in [0.5, 0.6) is 0 Å². The molecule has 56 valence electrons. The van der Waals surface area contributed by atoms with Gasteiger partial charge in [0.15, 0.2) is 5.82 Å². The minimum atomic E-state index is 0.582. The van der Waals surface area contributed by atoms with Crippen LogP contribution in [0.4, 0.5) is 5.82 Å². The van der Waals surface area contributed by atoms with E-state index in [-0.39, 0.29) is 0 Å². The number of hydrogen-bond acceptors (Lipinski definition) is 2. The second-order valence-electron chi connectivity index (χ2n) is 2.61. The van der Waals surface area contributed by atoms with Crippen LogP contribution in [0.2, 0.25) is 0 Å². The SMILES string of the molecule is Cc1cccc2[nH]nc(N)c12. The Bertz CT molecular complexity index is 389. The molecule has 0 bridgehead atoms. The van der Waals surface area contributed by atoms with Gasteiger partial charge in [0.05, 0.1) is 5.52 Å². The highest BCUT2D eigenvalue weighted by Gasteiger charge is 2.02. The molecule has 1 aromatic carbocycles. The lowest BCUT2D eigenvalue weighted by Crippen LogP contribution is -1.85. The molecule has 0 aliphatic carbocycles. The molecule has 0 amide bonds. The number of aromatic amines is 1. The Labute approximate surface area is 64.2 Å². The van der Waals surface area contributed by atoms with Gasteiger partial charge < -0.3 is 5.73 Å². The summed E-state index contributed by atoms with van der Waals surface area (Å²) in [4.78, 5) is 0. The number of rotatable bonds is 0. The zero-order valence-corrected chi connectivity index (χ0v) is 6.26. The van der Waals surface area contributed by atoms with E-state index in [1.165, 1.54) is 0 Å². The van der Waals surface area contributed by atoms with Gasteiger partial charge in [-0.3, -0.25) is 5.10 Å². The monoisotopic (exact) mass is 147 g/mol. The average molecular weight is 147 g/mol. The Morgan fingerprint density at radius 3 is 3.00 bits per heavy atom. The Morgan fingerprint density at radius 2 is 2.27 bits per heavy atom. The molecule has 0 unspecified atom stereocenters. The van der Waals surface area contributed by atoms with E-state index in [1.807, 2.05) is 25.1 Å². The minimum Gasteiger partial charge on any atom is -0.382 e. The molecule has 0 fully saturated rings. The number of benzene rings is 1. The highest BCUT2D eigenvalue weighted by Crippen LogP contribution is 2.20. The number of aromatic nitrogens is 2. The molecule has 3 nitrogen and oxygen atoms in total. The lowest BCUT2D eigenvalue weighted by Gasteiger charge is -1.93. The van der Waals surface area contributed by atoms with Crippen LogP contribution in [0.15, 0.2) is 18.2 Å². The van der Waals surface area contributed by atoms with E-state index in [1.54, 1.807) is 0 Å². The Balaban J connectivity index is 2.96. The summed E-state index contributed by atoms with van der Waals surface area (Å²) in [7, 11) is 0. The summed E-state index contributed by atoms with van der Waals surface area (Å²) in [5, 5.41) is 7.80. The quantitative estimate of drug-likeness (QED) is 0.592. The predicted molar refractivity (Wildman–Crippen MR) is 45.2 cm³/mol. The lowest BCUT2D eigenvalue weighted by molar-refractivity contribution is 1.13. The number of aryl methyl sites for hydroxylation is 1. The fourth-order valence-corrected chi connectivity index (χ4v) is 1.28. The van der Waals surface area contributed by atoms with Crippen molar-refractivity contribution in [3.05, 3.63) is 23.8 Å². The zero-order chi connectivity index (χ0) is 7.84. The van der Waals surface area contributed by atoms with Gasteiger partial charge in [-0.15, -0.1) is 0 Å². The molecule has 1 aromatic heterocycles. The lowest BCUT2D eigenvalue weighted by atomic mass is 10.1. The van der Waals surface area contributed by atoms with Crippen LogP contribution >= 0.6 is 0 Å². The molecule has 0 saturated carbocycles. The molecule has 0 atom stereocenters. The van der Waals surface area contributed by atoms with Gasteiger partial charge in [-0.1, -0.05) is 12.1 Å². The maximum Gasteiger partial charge on any atom is 0.153 e. The first kappa shape index (κ1) is 6.22. The van der Waals surface area contributed by atoms with Crippen molar-refractivity contribution in [3.63, 3.8) is 0 Å². The number of nitrogen functional groups attached to an aromatic ring is 1. The molecular formula is C8H9N3. The van der Waals surface area contributed by atoms with Gasteiger partial charge in [-0.05, 0) is 18.6 Å². The number of nitrogens with two attached hydrogens (primary N) is 1. The molecule has 3 heteroatoms. The van der Waals surface area contributed by atoms with Crippen molar-refractivity contribution in [2.45, 2.75) is 6.92 Å². The largest absolute Gasteiger partial charge is 0.382 e. The number of hydrogen-bond donors (Lipinski definition) is 2. The molecule has 0 aliphatic rings. The van der Waals surface area contributed by atoms with Crippen molar-refractivity contribution < 1.29 is 0 Å². The number of nitrogens with zero attached hydrogens (tertiary/aromatic N) is 1. The van der Waals surface area contributed by atoms with Crippen LogP contribution in [0.25, 0.3) is 10.9 Å². The van der Waals surface area contributed by atoms with Crippen molar-refractivity contribution >= 4 is 16.7 Å². The minimum absolute atomic E-state index is 0.582. The van der Waals surface area contributed by atoms with Crippen molar-refractivity contribution in [2.75, 3.05) is 5.73 Å². The third-order valence-electron chi connectivity index (χ3n) is 1.83. The molecule has 0 saturated heterocycles. The summed E-state index contributed by atoms with van der Waals surface area (Å²) in [6, 6.07) is 5.97.